The lowest BCUT2D eigenvalue weighted by molar-refractivity contribution is -0.384. The number of ether oxygens (including phenoxy) is 1. The summed E-state index contributed by atoms with van der Waals surface area (Å²) in [6.45, 7) is 3.11. The maximum absolute atomic E-state index is 11.8. The van der Waals surface area contributed by atoms with Crippen LogP contribution in [0.5, 0.6) is 0 Å². The van der Waals surface area contributed by atoms with Crippen LogP contribution in [-0.4, -0.2) is 46.4 Å². The van der Waals surface area contributed by atoms with E-state index >= 15 is 0 Å². The third-order valence-electron chi connectivity index (χ3n) is 3.55. The number of hydrogen-bond acceptors (Lipinski definition) is 6. The van der Waals surface area contributed by atoms with Crippen LogP contribution in [0, 0.1) is 16.0 Å². The topological polar surface area (TPSA) is 124 Å². The Kier molecular flexibility index (Phi) is 5.45. The molecule has 1 aromatic heterocycles. The minimum absolute atomic E-state index is 0.0479. The molecule has 9 nitrogen and oxygen atoms in total. The molecule has 0 bridgehead atoms. The van der Waals surface area contributed by atoms with Crippen molar-refractivity contribution >= 4 is 23.4 Å². The minimum Gasteiger partial charge on any atom is -0.466 e. The molecule has 2 heterocycles. The van der Waals surface area contributed by atoms with E-state index in [9.17, 15) is 14.9 Å². The first kappa shape index (κ1) is 16.7. The largest absolute Gasteiger partial charge is 0.466 e. The summed E-state index contributed by atoms with van der Waals surface area (Å²) in [5.41, 5.74) is 5.73. The number of pyridine rings is 1. The number of esters is 1. The van der Waals surface area contributed by atoms with Crippen molar-refractivity contribution in [2.45, 2.75) is 19.8 Å². The molecule has 23 heavy (non-hydrogen) atoms. The van der Waals surface area contributed by atoms with Crippen LogP contribution in [0.4, 0.5) is 11.5 Å². The molecule has 1 aliphatic rings. The van der Waals surface area contributed by atoms with Gasteiger partial charge in [-0.15, -0.1) is 0 Å². The molecule has 124 valence electrons. The number of nitrogens with two attached hydrogens (primary N) is 1. The molecule has 2 N–H and O–H groups in total. The number of piperidine rings is 1. The van der Waals surface area contributed by atoms with Crippen molar-refractivity contribution in [3.63, 3.8) is 0 Å². The Hall–Kier alpha value is -2.71. The second kappa shape index (κ2) is 7.52. The molecule has 0 aromatic carbocycles. The third-order valence-corrected chi connectivity index (χ3v) is 3.55. The van der Waals surface area contributed by atoms with Crippen LogP contribution in [0.1, 0.15) is 19.8 Å². The highest BCUT2D eigenvalue weighted by atomic mass is 16.6. The van der Waals surface area contributed by atoms with Gasteiger partial charge in [0.1, 0.15) is 0 Å². The quantitative estimate of drug-likeness (QED) is 0.290. The van der Waals surface area contributed by atoms with E-state index in [1.54, 1.807) is 11.8 Å². The molecule has 0 amide bonds. The summed E-state index contributed by atoms with van der Waals surface area (Å²) in [6.07, 6.45) is 2.91. The Morgan fingerprint density at radius 1 is 1.65 bits per heavy atom. The lowest BCUT2D eigenvalue weighted by atomic mass is 9.98. The molecular weight excluding hydrogens is 302 g/mol. The number of nitro groups is 1. The van der Waals surface area contributed by atoms with Crippen LogP contribution >= 0.6 is 0 Å². The standard InChI is InChI=1S/C14H19N5O4/c1-2-23-13(20)10-5-4-8-18(9-10)14(15)17-12-11(19(21)22)6-3-7-16-12/h3,6-7,10H,2,4-5,8-9H2,1H3,(H2,15,16,17)/t10-/m0/s1. The Bertz CT molecular complexity index is 619. The van der Waals surface area contributed by atoms with Crippen LogP contribution in [0.25, 0.3) is 0 Å². The van der Waals surface area contributed by atoms with Gasteiger partial charge in [-0.3, -0.25) is 14.9 Å². The third kappa shape index (κ3) is 4.15. The fraction of sp³-hybridized carbons (Fsp3) is 0.500. The molecule has 9 heteroatoms. The smallest absolute Gasteiger partial charge is 0.313 e. The maximum Gasteiger partial charge on any atom is 0.313 e. The first-order valence-corrected chi connectivity index (χ1v) is 7.38. The Morgan fingerprint density at radius 3 is 3.13 bits per heavy atom. The molecule has 0 aliphatic carbocycles. The zero-order chi connectivity index (χ0) is 16.8. The van der Waals surface area contributed by atoms with Gasteiger partial charge in [-0.2, -0.15) is 4.99 Å². The highest BCUT2D eigenvalue weighted by Crippen LogP contribution is 2.24. The number of likely N-dealkylation sites (tertiary alicyclic amines) is 1. The molecule has 1 aliphatic heterocycles. The predicted octanol–water partition coefficient (Wildman–Crippen LogP) is 1.21. The minimum atomic E-state index is -0.559. The fourth-order valence-corrected chi connectivity index (χ4v) is 2.43. The lowest BCUT2D eigenvalue weighted by Crippen LogP contribution is -2.46. The predicted molar refractivity (Wildman–Crippen MR) is 83.1 cm³/mol. The number of hydrogen-bond donors (Lipinski definition) is 1. The summed E-state index contributed by atoms with van der Waals surface area (Å²) < 4.78 is 5.03. The molecule has 1 aromatic rings. The van der Waals surface area contributed by atoms with Gasteiger partial charge in [0.15, 0.2) is 5.96 Å². The second-order valence-corrected chi connectivity index (χ2v) is 5.11. The van der Waals surface area contributed by atoms with Crippen LogP contribution in [-0.2, 0) is 9.53 Å². The van der Waals surface area contributed by atoms with Gasteiger partial charge in [0.05, 0.1) is 17.4 Å². The average Bonchev–Trinajstić information content (AvgIpc) is 2.55. The molecule has 0 unspecified atom stereocenters. The van der Waals surface area contributed by atoms with E-state index in [0.717, 1.165) is 12.8 Å². The highest BCUT2D eigenvalue weighted by Gasteiger charge is 2.28. The zero-order valence-corrected chi connectivity index (χ0v) is 12.8. The zero-order valence-electron chi connectivity index (χ0n) is 12.8. The number of carbonyl (C=O) groups excluding carboxylic acids is 1. The lowest BCUT2D eigenvalue weighted by Gasteiger charge is -2.32. The van der Waals surface area contributed by atoms with Gasteiger partial charge in [0.2, 0.25) is 5.82 Å². The summed E-state index contributed by atoms with van der Waals surface area (Å²) in [5.74, 6) is -0.459. The number of nitrogens with zero attached hydrogens (tertiary/aromatic N) is 4. The number of aliphatic imine (C=N–C) groups is 1. The normalized spacial score (nSPS) is 18.6. The summed E-state index contributed by atoms with van der Waals surface area (Å²) in [4.78, 5) is 31.9. The van der Waals surface area contributed by atoms with Crippen molar-refractivity contribution in [1.29, 1.82) is 0 Å². The molecule has 0 spiro atoms. The van der Waals surface area contributed by atoms with Crippen molar-refractivity contribution in [2.24, 2.45) is 16.6 Å². The Morgan fingerprint density at radius 2 is 2.43 bits per heavy atom. The van der Waals surface area contributed by atoms with Gasteiger partial charge < -0.3 is 15.4 Å². The van der Waals surface area contributed by atoms with E-state index in [1.807, 2.05) is 0 Å². The second-order valence-electron chi connectivity index (χ2n) is 5.11. The van der Waals surface area contributed by atoms with Crippen LogP contribution < -0.4 is 5.73 Å². The molecule has 1 atom stereocenters. The fourth-order valence-electron chi connectivity index (χ4n) is 2.43. The van der Waals surface area contributed by atoms with Gasteiger partial charge in [-0.25, -0.2) is 4.98 Å². The molecule has 2 rings (SSSR count). The Labute approximate surface area is 133 Å². The molecule has 0 saturated carbocycles. The van der Waals surface area contributed by atoms with Crippen molar-refractivity contribution in [1.82, 2.24) is 9.88 Å². The highest BCUT2D eigenvalue weighted by molar-refractivity contribution is 5.83. The summed E-state index contributed by atoms with van der Waals surface area (Å²) >= 11 is 0. The summed E-state index contributed by atoms with van der Waals surface area (Å²) in [6, 6.07) is 2.78. The molecule has 1 fully saturated rings. The first-order chi connectivity index (χ1) is 11.0. The molecular formula is C14H19N5O4. The van der Waals surface area contributed by atoms with Crippen LogP contribution in [0.3, 0.4) is 0 Å². The van der Waals surface area contributed by atoms with E-state index in [2.05, 4.69) is 9.98 Å². The number of rotatable bonds is 4. The van der Waals surface area contributed by atoms with Crippen molar-refractivity contribution < 1.29 is 14.5 Å². The van der Waals surface area contributed by atoms with Crippen LogP contribution in [0.15, 0.2) is 23.3 Å². The Balaban J connectivity index is 2.15. The first-order valence-electron chi connectivity index (χ1n) is 7.38. The van der Waals surface area contributed by atoms with Gasteiger partial charge in [0, 0.05) is 25.4 Å². The van der Waals surface area contributed by atoms with Crippen molar-refractivity contribution in [2.75, 3.05) is 19.7 Å². The van der Waals surface area contributed by atoms with Gasteiger partial charge in [-0.05, 0) is 25.8 Å². The van der Waals surface area contributed by atoms with E-state index < -0.39 is 4.92 Å². The van der Waals surface area contributed by atoms with E-state index in [4.69, 9.17) is 10.5 Å². The number of aromatic nitrogens is 1. The average molecular weight is 321 g/mol. The van der Waals surface area contributed by atoms with Crippen LogP contribution in [0.2, 0.25) is 0 Å². The number of guanidine groups is 1. The van der Waals surface area contributed by atoms with E-state index in [0.29, 0.717) is 19.7 Å². The van der Waals surface area contributed by atoms with Gasteiger partial charge in [-0.1, -0.05) is 0 Å². The molecule has 1 saturated heterocycles. The molecule has 0 radical (unpaired) electrons. The monoisotopic (exact) mass is 321 g/mol. The van der Waals surface area contributed by atoms with Crippen molar-refractivity contribution in [3.05, 3.63) is 28.4 Å². The van der Waals surface area contributed by atoms with E-state index in [-0.39, 0.29) is 29.4 Å². The van der Waals surface area contributed by atoms with Crippen molar-refractivity contribution in [3.8, 4) is 0 Å². The number of carbonyl (C=O) groups is 1. The maximum atomic E-state index is 11.8. The van der Waals surface area contributed by atoms with Gasteiger partial charge in [0.25, 0.3) is 0 Å². The van der Waals surface area contributed by atoms with Gasteiger partial charge >= 0.3 is 11.7 Å². The summed E-state index contributed by atoms with van der Waals surface area (Å²) in [5, 5.41) is 11.0. The van der Waals surface area contributed by atoms with E-state index in [1.165, 1.54) is 18.3 Å². The SMILES string of the molecule is CCOC(=O)[C@H]1CCCN(C(N)=Nc2ncccc2[N+](=O)[O-])C1. The summed E-state index contributed by atoms with van der Waals surface area (Å²) in [7, 11) is 0.